The van der Waals surface area contributed by atoms with Crippen molar-refractivity contribution in [2.75, 3.05) is 0 Å². The van der Waals surface area contributed by atoms with Gasteiger partial charge in [-0.1, -0.05) is 127 Å². The summed E-state index contributed by atoms with van der Waals surface area (Å²) in [4.78, 5) is 14.1. The van der Waals surface area contributed by atoms with Crippen LogP contribution >= 0.6 is 0 Å². The molecular formula is C55H33N3O. The maximum absolute atomic E-state index is 14.1. The molecule has 0 saturated carbocycles. The summed E-state index contributed by atoms with van der Waals surface area (Å²) < 4.78 is 6.69. The first kappa shape index (κ1) is 32.2. The Morgan fingerprint density at radius 2 is 0.814 bits per heavy atom. The second-order valence-electron chi connectivity index (χ2n) is 15.6. The fourth-order valence-corrected chi connectivity index (χ4v) is 10.0. The zero-order valence-corrected chi connectivity index (χ0v) is 31.8. The highest BCUT2D eigenvalue weighted by atomic mass is 16.1. The van der Waals surface area contributed by atoms with Crippen molar-refractivity contribution >= 4 is 81.6 Å². The molecule has 4 heteroatoms. The summed E-state index contributed by atoms with van der Waals surface area (Å²) >= 11 is 0. The van der Waals surface area contributed by atoms with E-state index in [1.54, 1.807) is 0 Å². The van der Waals surface area contributed by atoms with Crippen molar-refractivity contribution in [3.8, 4) is 33.6 Å². The number of hydrogen-bond donors (Lipinski definition) is 0. The zero-order valence-electron chi connectivity index (χ0n) is 31.8. The molecule has 0 unspecified atom stereocenters. The van der Waals surface area contributed by atoms with Crippen LogP contribution in [0.4, 0.5) is 0 Å². The van der Waals surface area contributed by atoms with Crippen LogP contribution in [0.5, 0.6) is 0 Å². The van der Waals surface area contributed by atoms with E-state index in [4.69, 9.17) is 0 Å². The van der Waals surface area contributed by atoms with Gasteiger partial charge < -0.3 is 9.13 Å². The van der Waals surface area contributed by atoms with Crippen molar-refractivity contribution in [3.63, 3.8) is 0 Å². The number of para-hydroxylation sites is 4. The van der Waals surface area contributed by atoms with E-state index in [-0.39, 0.29) is 5.56 Å². The Kier molecular flexibility index (Phi) is 6.56. The van der Waals surface area contributed by atoms with E-state index in [1.165, 1.54) is 43.7 Å². The predicted octanol–water partition coefficient (Wildman–Crippen LogP) is 13.7. The van der Waals surface area contributed by atoms with Crippen molar-refractivity contribution in [3.05, 3.63) is 211 Å². The summed E-state index contributed by atoms with van der Waals surface area (Å²) in [6, 6.07) is 71.5. The average Bonchev–Trinajstić information content (AvgIpc) is 3.94. The fourth-order valence-electron chi connectivity index (χ4n) is 10.0. The molecule has 59 heavy (non-hydrogen) atoms. The van der Waals surface area contributed by atoms with E-state index in [9.17, 15) is 4.79 Å². The van der Waals surface area contributed by atoms with Crippen LogP contribution in [0.25, 0.3) is 115 Å². The second kappa shape index (κ2) is 12.0. The second-order valence-corrected chi connectivity index (χ2v) is 15.6. The first-order valence-corrected chi connectivity index (χ1v) is 20.1. The van der Waals surface area contributed by atoms with E-state index in [0.717, 1.165) is 71.5 Å². The normalized spacial score (nSPS) is 12.1. The molecule has 4 aromatic heterocycles. The van der Waals surface area contributed by atoms with Gasteiger partial charge in [0.25, 0.3) is 5.56 Å². The molecule has 0 N–H and O–H groups in total. The van der Waals surface area contributed by atoms with Crippen LogP contribution in [0.15, 0.2) is 205 Å². The van der Waals surface area contributed by atoms with Crippen molar-refractivity contribution in [1.29, 1.82) is 0 Å². The summed E-state index contributed by atoms with van der Waals surface area (Å²) in [5, 5.41) is 9.90. The molecule has 13 rings (SSSR count). The summed E-state index contributed by atoms with van der Waals surface area (Å²) in [6.45, 7) is 0. The molecule has 0 saturated heterocycles. The van der Waals surface area contributed by atoms with Gasteiger partial charge in [0, 0.05) is 54.5 Å². The van der Waals surface area contributed by atoms with Crippen molar-refractivity contribution in [2.45, 2.75) is 0 Å². The van der Waals surface area contributed by atoms with Crippen molar-refractivity contribution < 1.29 is 0 Å². The molecule has 4 heterocycles. The minimum absolute atomic E-state index is 0.0220. The SMILES string of the molecule is O=c1c2ccccc2c2c(-c3cccc(-n4c5ccccc5c5cc(-c6ccc7c(c6)c6ccccc6n7-c6ccccc6)ccc54)c3)ccc3c4ccccc4n1c32. The Hall–Kier alpha value is -7.95. The number of pyridine rings is 1. The van der Waals surface area contributed by atoms with Gasteiger partial charge in [-0.3, -0.25) is 9.20 Å². The number of aromatic nitrogens is 3. The van der Waals surface area contributed by atoms with Gasteiger partial charge in [0.05, 0.1) is 33.1 Å². The lowest BCUT2D eigenvalue weighted by Crippen LogP contribution is -2.13. The Morgan fingerprint density at radius 3 is 1.47 bits per heavy atom. The Bertz CT molecular complexity index is 3920. The maximum Gasteiger partial charge on any atom is 0.263 e. The van der Waals surface area contributed by atoms with Gasteiger partial charge in [-0.25, -0.2) is 0 Å². The van der Waals surface area contributed by atoms with Gasteiger partial charge in [-0.2, -0.15) is 0 Å². The minimum Gasteiger partial charge on any atom is -0.309 e. The third-order valence-corrected chi connectivity index (χ3v) is 12.6. The third kappa shape index (κ3) is 4.46. The molecule has 13 aromatic rings. The summed E-state index contributed by atoms with van der Waals surface area (Å²) in [7, 11) is 0. The lowest BCUT2D eigenvalue weighted by molar-refractivity contribution is 1.18. The molecule has 274 valence electrons. The van der Waals surface area contributed by atoms with Gasteiger partial charge in [0.2, 0.25) is 0 Å². The molecule has 0 aliphatic heterocycles. The van der Waals surface area contributed by atoms with Gasteiger partial charge in [-0.15, -0.1) is 0 Å². The number of fused-ring (bicyclic) bond motifs is 11. The summed E-state index contributed by atoms with van der Waals surface area (Å²) in [5.41, 5.74) is 13.5. The van der Waals surface area contributed by atoms with Crippen LogP contribution in [0.1, 0.15) is 0 Å². The molecular weight excluding hydrogens is 719 g/mol. The molecule has 0 aliphatic rings. The highest BCUT2D eigenvalue weighted by molar-refractivity contribution is 6.24. The van der Waals surface area contributed by atoms with Crippen LogP contribution in [0.2, 0.25) is 0 Å². The monoisotopic (exact) mass is 751 g/mol. The highest BCUT2D eigenvalue weighted by Crippen LogP contribution is 2.42. The molecule has 0 fully saturated rings. The number of rotatable bonds is 4. The van der Waals surface area contributed by atoms with Crippen LogP contribution in [0.3, 0.4) is 0 Å². The van der Waals surface area contributed by atoms with E-state index in [1.807, 2.05) is 28.7 Å². The summed E-state index contributed by atoms with van der Waals surface area (Å²) in [5.74, 6) is 0. The minimum atomic E-state index is 0.0220. The first-order chi connectivity index (χ1) is 29.2. The number of benzene rings is 9. The lowest BCUT2D eigenvalue weighted by Gasteiger charge is -2.14. The molecule has 0 atom stereocenters. The molecule has 0 aliphatic carbocycles. The molecule has 0 spiro atoms. The van der Waals surface area contributed by atoms with Crippen LogP contribution in [0, 0.1) is 0 Å². The van der Waals surface area contributed by atoms with Crippen LogP contribution < -0.4 is 5.56 Å². The Balaban J connectivity index is 0.999. The molecule has 0 bridgehead atoms. The maximum atomic E-state index is 14.1. The van der Waals surface area contributed by atoms with E-state index in [0.29, 0.717) is 0 Å². The van der Waals surface area contributed by atoms with Gasteiger partial charge in [0.1, 0.15) is 0 Å². The van der Waals surface area contributed by atoms with Gasteiger partial charge in [-0.05, 0) is 100 Å². The lowest BCUT2D eigenvalue weighted by atomic mass is 9.94. The molecule has 9 aromatic carbocycles. The van der Waals surface area contributed by atoms with Gasteiger partial charge in [0.15, 0.2) is 0 Å². The smallest absolute Gasteiger partial charge is 0.263 e. The Labute approximate surface area is 338 Å². The van der Waals surface area contributed by atoms with Crippen molar-refractivity contribution in [1.82, 2.24) is 13.5 Å². The first-order valence-electron chi connectivity index (χ1n) is 20.1. The number of hydrogen-bond acceptors (Lipinski definition) is 1. The molecule has 4 nitrogen and oxygen atoms in total. The molecule has 0 amide bonds. The standard InChI is InChI=1S/C55H33N3O/c59-55-45-21-5-4-20-43(45)53-39(27-28-44-40-17-6-11-24-50(40)58(55)54(44)53)36-13-12-16-38(31-36)57-49-23-10-8-19-42(49)47-33-35(26-30-52(47)57)34-25-29-51-46(32-34)41-18-7-9-22-48(41)56(51)37-14-2-1-3-15-37/h1-33H. The Morgan fingerprint density at radius 1 is 0.305 bits per heavy atom. The molecule has 0 radical (unpaired) electrons. The quantitative estimate of drug-likeness (QED) is 0.165. The van der Waals surface area contributed by atoms with E-state index < -0.39 is 0 Å². The number of nitrogens with zero attached hydrogens (tertiary/aromatic N) is 3. The topological polar surface area (TPSA) is 31.3 Å². The van der Waals surface area contributed by atoms with E-state index >= 15 is 0 Å². The largest absolute Gasteiger partial charge is 0.309 e. The zero-order chi connectivity index (χ0) is 38.8. The highest BCUT2D eigenvalue weighted by Gasteiger charge is 2.21. The van der Waals surface area contributed by atoms with E-state index in [2.05, 4.69) is 185 Å². The third-order valence-electron chi connectivity index (χ3n) is 12.6. The summed E-state index contributed by atoms with van der Waals surface area (Å²) in [6.07, 6.45) is 0. The van der Waals surface area contributed by atoms with Gasteiger partial charge >= 0.3 is 0 Å². The average molecular weight is 752 g/mol. The van der Waals surface area contributed by atoms with Crippen LogP contribution in [-0.2, 0) is 0 Å². The van der Waals surface area contributed by atoms with Crippen molar-refractivity contribution in [2.24, 2.45) is 0 Å². The predicted molar refractivity (Wildman–Crippen MR) is 247 cm³/mol. The van der Waals surface area contributed by atoms with Crippen LogP contribution in [-0.4, -0.2) is 13.5 Å². The fraction of sp³-hybridized carbons (Fsp3) is 0.